The first kappa shape index (κ1) is 12.5. The van der Waals surface area contributed by atoms with Crippen LogP contribution in [0.15, 0.2) is 18.5 Å². The van der Waals surface area contributed by atoms with Gasteiger partial charge in [-0.05, 0) is 49.3 Å². The van der Waals surface area contributed by atoms with E-state index in [9.17, 15) is 0 Å². The van der Waals surface area contributed by atoms with E-state index in [1.54, 1.807) is 0 Å². The van der Waals surface area contributed by atoms with Gasteiger partial charge in [-0.15, -0.1) is 0 Å². The molecule has 0 aliphatic carbocycles. The van der Waals surface area contributed by atoms with Crippen LogP contribution in [0.1, 0.15) is 49.8 Å². The van der Waals surface area contributed by atoms with Crippen LogP contribution >= 0.6 is 0 Å². The molecule has 1 aromatic heterocycles. The molecule has 2 N–H and O–H groups in total. The molecule has 0 aromatic carbocycles. The molecule has 3 nitrogen and oxygen atoms in total. The molecule has 1 saturated heterocycles. The van der Waals surface area contributed by atoms with E-state index in [4.69, 9.17) is 10.5 Å². The highest BCUT2D eigenvalue weighted by molar-refractivity contribution is 5.26. The number of hydrogen-bond donors (Lipinski definition) is 1. The van der Waals surface area contributed by atoms with Crippen LogP contribution in [0.4, 0.5) is 0 Å². The van der Waals surface area contributed by atoms with E-state index >= 15 is 0 Å². The predicted octanol–water partition coefficient (Wildman–Crippen LogP) is 2.60. The van der Waals surface area contributed by atoms with Crippen molar-refractivity contribution in [3.63, 3.8) is 0 Å². The van der Waals surface area contributed by atoms with Gasteiger partial charge in [-0.1, -0.05) is 6.92 Å². The van der Waals surface area contributed by atoms with E-state index in [0.717, 1.165) is 25.9 Å². The van der Waals surface area contributed by atoms with Crippen LogP contribution in [-0.4, -0.2) is 17.7 Å². The molecule has 0 bridgehead atoms. The van der Waals surface area contributed by atoms with Crippen molar-refractivity contribution in [3.8, 4) is 0 Å². The Labute approximate surface area is 103 Å². The highest BCUT2D eigenvalue weighted by atomic mass is 16.5. The van der Waals surface area contributed by atoms with Crippen LogP contribution < -0.4 is 5.73 Å². The Bertz CT molecular complexity index is 348. The summed E-state index contributed by atoms with van der Waals surface area (Å²) in [6.07, 6.45) is 9.68. The largest absolute Gasteiger partial charge is 0.378 e. The molecule has 2 heterocycles. The number of rotatable bonds is 5. The maximum absolute atomic E-state index is 6.27. The van der Waals surface area contributed by atoms with Crippen LogP contribution in [-0.2, 0) is 11.2 Å². The third-order valence-corrected chi connectivity index (χ3v) is 3.55. The summed E-state index contributed by atoms with van der Waals surface area (Å²) in [6.45, 7) is 3.07. The van der Waals surface area contributed by atoms with E-state index in [1.807, 2.05) is 12.4 Å². The molecule has 0 spiro atoms. The smallest absolute Gasteiger partial charge is 0.0576 e. The molecular formula is C14H22N2O. The highest BCUT2D eigenvalue weighted by Gasteiger charge is 2.18. The molecule has 1 aliphatic heterocycles. The number of hydrogen-bond acceptors (Lipinski definition) is 3. The fourth-order valence-corrected chi connectivity index (χ4v) is 2.49. The lowest BCUT2D eigenvalue weighted by Gasteiger charge is -2.17. The Kier molecular flexibility index (Phi) is 4.51. The maximum Gasteiger partial charge on any atom is 0.0576 e. The number of nitrogens with two attached hydrogens (primary N) is 1. The molecule has 1 aromatic rings. The van der Waals surface area contributed by atoms with E-state index < -0.39 is 0 Å². The SMILES string of the molecule is CCc1cnccc1C(N)CCC1CCCO1. The molecule has 1 fully saturated rings. The van der Waals surface area contributed by atoms with E-state index in [0.29, 0.717) is 6.10 Å². The van der Waals surface area contributed by atoms with E-state index in [2.05, 4.69) is 18.0 Å². The second kappa shape index (κ2) is 6.12. The first-order valence-electron chi connectivity index (χ1n) is 6.61. The Morgan fingerprint density at radius 1 is 1.59 bits per heavy atom. The van der Waals surface area contributed by atoms with Crippen LogP contribution in [0.5, 0.6) is 0 Å². The second-order valence-corrected chi connectivity index (χ2v) is 4.75. The number of pyridine rings is 1. The van der Waals surface area contributed by atoms with Crippen LogP contribution in [0.25, 0.3) is 0 Å². The zero-order chi connectivity index (χ0) is 12.1. The van der Waals surface area contributed by atoms with Gasteiger partial charge in [-0.25, -0.2) is 0 Å². The molecule has 3 heteroatoms. The molecule has 2 rings (SSSR count). The first-order valence-corrected chi connectivity index (χ1v) is 6.61. The fourth-order valence-electron chi connectivity index (χ4n) is 2.49. The summed E-state index contributed by atoms with van der Waals surface area (Å²) in [4.78, 5) is 4.16. The third-order valence-electron chi connectivity index (χ3n) is 3.55. The molecule has 2 atom stereocenters. The molecule has 1 aliphatic rings. The van der Waals surface area contributed by atoms with Crippen molar-refractivity contribution in [3.05, 3.63) is 29.6 Å². The zero-order valence-corrected chi connectivity index (χ0v) is 10.6. The average molecular weight is 234 g/mol. The standard InChI is InChI=1S/C14H22N2O/c1-2-11-10-16-8-7-13(11)14(15)6-5-12-4-3-9-17-12/h7-8,10,12,14H,2-6,9,15H2,1H3. The van der Waals surface area contributed by atoms with Gasteiger partial charge >= 0.3 is 0 Å². The van der Waals surface area contributed by atoms with Gasteiger partial charge in [-0.3, -0.25) is 4.98 Å². The summed E-state index contributed by atoms with van der Waals surface area (Å²) in [5.74, 6) is 0. The lowest BCUT2D eigenvalue weighted by Crippen LogP contribution is -2.16. The van der Waals surface area contributed by atoms with Gasteiger partial charge in [0.05, 0.1) is 6.10 Å². The molecule has 94 valence electrons. The Balaban J connectivity index is 1.91. The van der Waals surface area contributed by atoms with Crippen LogP contribution in [0.2, 0.25) is 0 Å². The molecule has 17 heavy (non-hydrogen) atoms. The normalized spacial score (nSPS) is 21.6. The van der Waals surface area contributed by atoms with Crippen molar-refractivity contribution in [2.24, 2.45) is 5.73 Å². The van der Waals surface area contributed by atoms with Gasteiger partial charge in [-0.2, -0.15) is 0 Å². The summed E-state index contributed by atoms with van der Waals surface area (Å²) in [6, 6.07) is 2.18. The summed E-state index contributed by atoms with van der Waals surface area (Å²) in [5, 5.41) is 0. The van der Waals surface area contributed by atoms with Gasteiger partial charge in [0.1, 0.15) is 0 Å². The second-order valence-electron chi connectivity index (χ2n) is 4.75. The quantitative estimate of drug-likeness (QED) is 0.852. The lowest BCUT2D eigenvalue weighted by atomic mass is 9.96. The average Bonchev–Trinajstić information content (AvgIpc) is 2.89. The van der Waals surface area contributed by atoms with Crippen molar-refractivity contribution < 1.29 is 4.74 Å². The first-order chi connectivity index (χ1) is 8.31. The monoisotopic (exact) mass is 234 g/mol. The molecule has 0 saturated carbocycles. The van der Waals surface area contributed by atoms with Gasteiger partial charge in [0, 0.05) is 25.0 Å². The van der Waals surface area contributed by atoms with Crippen LogP contribution in [0, 0.1) is 0 Å². The Morgan fingerprint density at radius 2 is 2.47 bits per heavy atom. The number of aromatic nitrogens is 1. The molecule has 0 amide bonds. The van der Waals surface area contributed by atoms with Crippen molar-refractivity contribution >= 4 is 0 Å². The van der Waals surface area contributed by atoms with Crippen molar-refractivity contribution in [2.75, 3.05) is 6.61 Å². The van der Waals surface area contributed by atoms with Crippen molar-refractivity contribution in [1.29, 1.82) is 0 Å². The fraction of sp³-hybridized carbons (Fsp3) is 0.643. The topological polar surface area (TPSA) is 48.1 Å². The molecule has 2 unspecified atom stereocenters. The van der Waals surface area contributed by atoms with Gasteiger partial charge < -0.3 is 10.5 Å². The minimum Gasteiger partial charge on any atom is -0.378 e. The van der Waals surface area contributed by atoms with E-state index in [-0.39, 0.29) is 6.04 Å². The third kappa shape index (κ3) is 3.27. The number of nitrogens with zero attached hydrogens (tertiary/aromatic N) is 1. The van der Waals surface area contributed by atoms with Crippen molar-refractivity contribution in [2.45, 2.75) is 51.2 Å². The highest BCUT2D eigenvalue weighted by Crippen LogP contribution is 2.24. The van der Waals surface area contributed by atoms with Gasteiger partial charge in [0.25, 0.3) is 0 Å². The number of aryl methyl sites for hydroxylation is 1. The summed E-state index contributed by atoms with van der Waals surface area (Å²) >= 11 is 0. The lowest BCUT2D eigenvalue weighted by molar-refractivity contribution is 0.101. The maximum atomic E-state index is 6.27. The summed E-state index contributed by atoms with van der Waals surface area (Å²) < 4.78 is 5.63. The molecular weight excluding hydrogens is 212 g/mol. The minimum atomic E-state index is 0.122. The van der Waals surface area contributed by atoms with Gasteiger partial charge in [0.2, 0.25) is 0 Å². The zero-order valence-electron chi connectivity index (χ0n) is 10.6. The summed E-state index contributed by atoms with van der Waals surface area (Å²) in [5.41, 5.74) is 8.79. The number of ether oxygens (including phenoxy) is 1. The molecule has 0 radical (unpaired) electrons. The Morgan fingerprint density at radius 3 is 3.18 bits per heavy atom. The van der Waals surface area contributed by atoms with Crippen LogP contribution in [0.3, 0.4) is 0 Å². The summed E-state index contributed by atoms with van der Waals surface area (Å²) in [7, 11) is 0. The van der Waals surface area contributed by atoms with E-state index in [1.165, 1.54) is 24.0 Å². The van der Waals surface area contributed by atoms with Gasteiger partial charge in [0.15, 0.2) is 0 Å². The predicted molar refractivity (Wildman–Crippen MR) is 68.8 cm³/mol. The minimum absolute atomic E-state index is 0.122. The Hall–Kier alpha value is -0.930. The van der Waals surface area contributed by atoms with Crippen molar-refractivity contribution in [1.82, 2.24) is 4.98 Å².